The molecule has 34 heavy (non-hydrogen) atoms. The van der Waals surface area contributed by atoms with Gasteiger partial charge in [0.1, 0.15) is 0 Å². The Kier molecular flexibility index (Phi) is 6.67. The third kappa shape index (κ3) is 4.60. The van der Waals surface area contributed by atoms with Crippen molar-refractivity contribution in [1.29, 1.82) is 0 Å². The second kappa shape index (κ2) is 9.70. The summed E-state index contributed by atoms with van der Waals surface area (Å²) in [5, 5.41) is 3.43. The fourth-order valence-corrected chi connectivity index (χ4v) is 5.86. The van der Waals surface area contributed by atoms with Gasteiger partial charge in [-0.2, -0.15) is 0 Å². The molecule has 4 N–H and O–H groups in total. The zero-order valence-corrected chi connectivity index (χ0v) is 21.0. The van der Waals surface area contributed by atoms with Crippen molar-refractivity contribution in [2.75, 3.05) is 36.6 Å². The second-order valence-corrected chi connectivity index (χ2v) is 10.2. The third-order valence-corrected chi connectivity index (χ3v) is 7.86. The van der Waals surface area contributed by atoms with Gasteiger partial charge < -0.3 is 16.1 Å². The Balaban J connectivity index is 1.31. The Morgan fingerprint density at radius 2 is 2.03 bits per heavy atom. The number of piperidine rings is 1. The fraction of sp³-hybridized carbons (Fsp3) is 0.385. The van der Waals surface area contributed by atoms with Crippen molar-refractivity contribution < 1.29 is 0 Å². The van der Waals surface area contributed by atoms with E-state index in [9.17, 15) is 0 Å². The minimum absolute atomic E-state index is 0.0242. The van der Waals surface area contributed by atoms with Gasteiger partial charge in [0.25, 0.3) is 0 Å². The normalized spacial score (nSPS) is 21.6. The van der Waals surface area contributed by atoms with Gasteiger partial charge in [0.05, 0.1) is 23.2 Å². The maximum absolute atomic E-state index is 6.50. The molecule has 1 unspecified atom stereocenters. The minimum atomic E-state index is 0.0242. The van der Waals surface area contributed by atoms with Crippen molar-refractivity contribution in [1.82, 2.24) is 15.3 Å². The lowest BCUT2D eigenvalue weighted by Crippen LogP contribution is -2.49. The van der Waals surface area contributed by atoms with Crippen LogP contribution in [0.5, 0.6) is 0 Å². The number of anilines is 2. The topological polar surface area (TPSA) is 59.8 Å². The Labute approximate surface area is 211 Å². The fourth-order valence-electron chi connectivity index (χ4n) is 5.29. The first-order valence-electron chi connectivity index (χ1n) is 11.9. The number of hydrogen-bond acceptors (Lipinski definition) is 6. The van der Waals surface area contributed by atoms with Crippen LogP contribution in [0.1, 0.15) is 43.4 Å². The average Bonchev–Trinajstić information content (AvgIpc) is 3.27. The number of hydrazine groups is 2. The van der Waals surface area contributed by atoms with E-state index >= 15 is 0 Å². The molecule has 0 aliphatic carbocycles. The van der Waals surface area contributed by atoms with Gasteiger partial charge in [0.2, 0.25) is 0 Å². The molecule has 1 fully saturated rings. The molecule has 0 amide bonds. The van der Waals surface area contributed by atoms with Gasteiger partial charge in [0, 0.05) is 42.3 Å². The number of nitrogens with one attached hydrogen (secondary N) is 2. The molecule has 6 nitrogen and oxygen atoms in total. The van der Waals surface area contributed by atoms with Crippen LogP contribution in [0.3, 0.4) is 0 Å². The number of nitrogens with zero attached hydrogens (tertiary/aromatic N) is 3. The number of benzene rings is 2. The summed E-state index contributed by atoms with van der Waals surface area (Å²) < 4.78 is 0. The molecular formula is C26H32Cl2N6. The monoisotopic (exact) mass is 498 g/mol. The lowest BCUT2D eigenvalue weighted by Gasteiger charge is -2.41. The molecule has 180 valence electrons. The van der Waals surface area contributed by atoms with E-state index < -0.39 is 0 Å². The molecule has 0 aromatic heterocycles. The lowest BCUT2D eigenvalue weighted by atomic mass is 9.95. The number of rotatable bonds is 5. The predicted octanol–water partition coefficient (Wildman–Crippen LogP) is 5.39. The minimum Gasteiger partial charge on any atom is -0.386 e. The maximum Gasteiger partial charge on any atom is 0.0912 e. The number of fused-ring (bicyclic) bond motifs is 1. The van der Waals surface area contributed by atoms with Crippen LogP contribution in [0.2, 0.25) is 10.0 Å². The summed E-state index contributed by atoms with van der Waals surface area (Å²) in [6, 6.07) is 12.9. The number of hydrogen-bond donors (Lipinski definition) is 3. The van der Waals surface area contributed by atoms with Gasteiger partial charge in [-0.15, -0.1) is 5.53 Å². The first kappa shape index (κ1) is 23.4. The van der Waals surface area contributed by atoms with E-state index in [1.807, 2.05) is 12.1 Å². The quantitative estimate of drug-likeness (QED) is 0.513. The molecule has 1 saturated heterocycles. The van der Waals surface area contributed by atoms with E-state index in [2.05, 4.69) is 63.5 Å². The highest BCUT2D eigenvalue weighted by atomic mass is 35.5. The molecule has 0 spiro atoms. The first-order chi connectivity index (χ1) is 16.4. The van der Waals surface area contributed by atoms with Crippen LogP contribution >= 0.6 is 23.2 Å². The van der Waals surface area contributed by atoms with Crippen molar-refractivity contribution in [3.8, 4) is 0 Å². The van der Waals surface area contributed by atoms with Crippen molar-refractivity contribution in [3.63, 3.8) is 0 Å². The molecule has 3 aliphatic heterocycles. The van der Waals surface area contributed by atoms with E-state index in [0.717, 1.165) is 49.5 Å². The van der Waals surface area contributed by atoms with Gasteiger partial charge in [0.15, 0.2) is 0 Å². The molecule has 0 saturated carbocycles. The van der Waals surface area contributed by atoms with Gasteiger partial charge in [-0.25, -0.2) is 0 Å². The molecule has 2 aromatic rings. The van der Waals surface area contributed by atoms with E-state index in [1.54, 1.807) is 6.07 Å². The van der Waals surface area contributed by atoms with Crippen LogP contribution < -0.4 is 21.7 Å². The lowest BCUT2D eigenvalue weighted by molar-refractivity contribution is 0.125. The molecule has 5 rings (SSSR count). The molecule has 0 radical (unpaired) electrons. The highest BCUT2D eigenvalue weighted by molar-refractivity contribution is 6.35. The van der Waals surface area contributed by atoms with Gasteiger partial charge in [-0.1, -0.05) is 48.0 Å². The SMILES string of the molecule is C=C(N)N1CCCC(N2CC=C(c3ccc4c(c3)N([C@H](C)c3ccc(Cl)cc3Cl)NN4)CC2)C1. The van der Waals surface area contributed by atoms with Crippen LogP contribution in [0.25, 0.3) is 5.57 Å². The highest BCUT2D eigenvalue weighted by Crippen LogP contribution is 2.39. The molecule has 2 atom stereocenters. The maximum atomic E-state index is 6.50. The largest absolute Gasteiger partial charge is 0.386 e. The highest BCUT2D eigenvalue weighted by Gasteiger charge is 2.29. The Bertz CT molecular complexity index is 1120. The third-order valence-electron chi connectivity index (χ3n) is 7.30. The van der Waals surface area contributed by atoms with Crippen LogP contribution in [0, 0.1) is 0 Å². The average molecular weight is 499 g/mol. The Morgan fingerprint density at radius 3 is 2.76 bits per heavy atom. The van der Waals surface area contributed by atoms with Crippen molar-refractivity contribution >= 4 is 40.1 Å². The summed E-state index contributed by atoms with van der Waals surface area (Å²) in [5.74, 6) is 0.692. The van der Waals surface area contributed by atoms with Crippen LogP contribution in [-0.4, -0.2) is 42.0 Å². The van der Waals surface area contributed by atoms with Crippen LogP contribution in [-0.2, 0) is 0 Å². The van der Waals surface area contributed by atoms with Crippen LogP contribution in [0.15, 0.2) is 54.9 Å². The van der Waals surface area contributed by atoms with Crippen LogP contribution in [0.4, 0.5) is 11.4 Å². The number of nitrogens with two attached hydrogens (primary N) is 1. The zero-order valence-electron chi connectivity index (χ0n) is 19.5. The smallest absolute Gasteiger partial charge is 0.0912 e. The number of halogens is 2. The van der Waals surface area contributed by atoms with Gasteiger partial charge in [-0.3, -0.25) is 9.91 Å². The standard InChI is InChI=1S/C26H32Cl2N6/c1-17(23-7-6-21(27)15-24(23)28)34-26-14-20(5-8-25(26)30-31-34)19-9-12-32(13-10-19)22-4-3-11-33(16-22)18(2)29/h5-9,14-15,17,22,30-31H,2-4,10-13,16,29H2,1H3/t17-,22?/m1/s1. The van der Waals surface area contributed by atoms with Gasteiger partial charge in [-0.05, 0) is 67.2 Å². The summed E-state index contributed by atoms with van der Waals surface area (Å²) in [5.41, 5.74) is 18.4. The molecule has 8 heteroatoms. The number of likely N-dealkylation sites (tertiary alicyclic amines) is 1. The summed E-state index contributed by atoms with van der Waals surface area (Å²) >= 11 is 12.6. The summed E-state index contributed by atoms with van der Waals surface area (Å²) in [6.07, 6.45) is 5.83. The van der Waals surface area contributed by atoms with E-state index in [4.69, 9.17) is 28.9 Å². The Hall–Kier alpha value is -2.38. The van der Waals surface area contributed by atoms with E-state index in [-0.39, 0.29) is 6.04 Å². The molecule has 2 aromatic carbocycles. The summed E-state index contributed by atoms with van der Waals surface area (Å²) in [6.45, 7) is 10.1. The Morgan fingerprint density at radius 1 is 1.18 bits per heavy atom. The molecular weight excluding hydrogens is 467 g/mol. The molecule has 3 heterocycles. The predicted molar refractivity (Wildman–Crippen MR) is 143 cm³/mol. The summed E-state index contributed by atoms with van der Waals surface area (Å²) in [4.78, 5) is 4.81. The van der Waals surface area contributed by atoms with Crippen molar-refractivity contribution in [2.45, 2.75) is 38.3 Å². The molecule has 0 bridgehead atoms. The zero-order chi connectivity index (χ0) is 23.8. The first-order valence-corrected chi connectivity index (χ1v) is 12.7. The second-order valence-electron chi connectivity index (χ2n) is 9.39. The van der Waals surface area contributed by atoms with Gasteiger partial charge >= 0.3 is 0 Å². The van der Waals surface area contributed by atoms with Crippen molar-refractivity contribution in [3.05, 3.63) is 76.0 Å². The van der Waals surface area contributed by atoms with Crippen molar-refractivity contribution in [2.24, 2.45) is 5.73 Å². The van der Waals surface area contributed by atoms with E-state index in [1.165, 1.54) is 24.0 Å². The van der Waals surface area contributed by atoms with E-state index in [0.29, 0.717) is 21.9 Å². The summed E-state index contributed by atoms with van der Waals surface area (Å²) in [7, 11) is 0. The molecule has 3 aliphatic rings.